The van der Waals surface area contributed by atoms with E-state index in [1.807, 2.05) is 6.07 Å². The lowest BCUT2D eigenvalue weighted by Crippen LogP contribution is -2.41. The van der Waals surface area contributed by atoms with Crippen molar-refractivity contribution in [3.05, 3.63) is 35.9 Å². The molecule has 2 aliphatic rings. The number of carbonyl (C=O) groups excluding carboxylic acids is 1. The van der Waals surface area contributed by atoms with Crippen LogP contribution in [-0.4, -0.2) is 23.8 Å². The minimum absolute atomic E-state index is 0.0764. The van der Waals surface area contributed by atoms with Gasteiger partial charge in [-0.15, -0.1) is 0 Å². The summed E-state index contributed by atoms with van der Waals surface area (Å²) in [6.45, 7) is 2.92. The van der Waals surface area contributed by atoms with E-state index in [0.29, 0.717) is 5.78 Å². The van der Waals surface area contributed by atoms with E-state index in [0.717, 1.165) is 38.9 Å². The highest BCUT2D eigenvalue weighted by atomic mass is 16.1. The number of likely N-dealkylation sites (tertiary alicyclic amines) is 1. The predicted octanol–water partition coefficient (Wildman–Crippen LogP) is 2.24. The van der Waals surface area contributed by atoms with E-state index in [4.69, 9.17) is 0 Å². The molecule has 0 unspecified atom stereocenters. The molecule has 1 saturated heterocycles. The maximum absolute atomic E-state index is 11.7. The van der Waals surface area contributed by atoms with Crippen molar-refractivity contribution < 1.29 is 4.79 Å². The smallest absolute Gasteiger partial charge is 0.141 e. The molecule has 1 aromatic rings. The maximum atomic E-state index is 11.7. The lowest BCUT2D eigenvalue weighted by molar-refractivity contribution is -0.128. The van der Waals surface area contributed by atoms with Gasteiger partial charge in [0.15, 0.2) is 0 Å². The molecule has 2 nitrogen and oxygen atoms in total. The first kappa shape index (κ1) is 10.0. The van der Waals surface area contributed by atoms with Gasteiger partial charge in [0.1, 0.15) is 5.78 Å². The van der Waals surface area contributed by atoms with Crippen LogP contribution in [-0.2, 0) is 11.3 Å². The van der Waals surface area contributed by atoms with Crippen molar-refractivity contribution in [1.82, 2.24) is 4.90 Å². The second-order valence-electron chi connectivity index (χ2n) is 5.15. The second kappa shape index (κ2) is 3.70. The van der Waals surface area contributed by atoms with Gasteiger partial charge in [-0.3, -0.25) is 9.69 Å². The van der Waals surface area contributed by atoms with E-state index >= 15 is 0 Å². The fourth-order valence-electron chi connectivity index (χ4n) is 2.68. The standard InChI is InChI=1S/C14H17NO/c16-13-6-9-15(11-14(13)7-8-14)10-12-4-2-1-3-5-12/h1-5H,6-11H2. The minimum Gasteiger partial charge on any atom is -0.299 e. The zero-order valence-corrected chi connectivity index (χ0v) is 9.48. The van der Waals surface area contributed by atoms with Crippen molar-refractivity contribution >= 4 is 5.78 Å². The van der Waals surface area contributed by atoms with E-state index in [-0.39, 0.29) is 5.41 Å². The van der Waals surface area contributed by atoms with Crippen LogP contribution in [0.25, 0.3) is 0 Å². The summed E-state index contributed by atoms with van der Waals surface area (Å²) in [5.74, 6) is 0.511. The fraction of sp³-hybridized carbons (Fsp3) is 0.500. The average molecular weight is 215 g/mol. The van der Waals surface area contributed by atoms with E-state index in [9.17, 15) is 4.79 Å². The van der Waals surface area contributed by atoms with E-state index in [2.05, 4.69) is 29.2 Å². The molecule has 1 spiro atoms. The quantitative estimate of drug-likeness (QED) is 0.754. The SMILES string of the molecule is O=C1CCN(Cc2ccccc2)CC12CC2. The van der Waals surface area contributed by atoms with Crippen LogP contribution < -0.4 is 0 Å². The van der Waals surface area contributed by atoms with Crippen molar-refractivity contribution in [2.75, 3.05) is 13.1 Å². The van der Waals surface area contributed by atoms with Crippen LogP contribution in [0.15, 0.2) is 30.3 Å². The highest BCUT2D eigenvalue weighted by molar-refractivity contribution is 5.88. The summed E-state index contributed by atoms with van der Waals surface area (Å²) in [5, 5.41) is 0. The van der Waals surface area contributed by atoms with Crippen molar-refractivity contribution in [3.63, 3.8) is 0 Å². The minimum atomic E-state index is 0.0764. The van der Waals surface area contributed by atoms with Gasteiger partial charge in [-0.25, -0.2) is 0 Å². The molecule has 2 fully saturated rings. The molecular formula is C14H17NO. The second-order valence-corrected chi connectivity index (χ2v) is 5.15. The summed E-state index contributed by atoms with van der Waals surface area (Å²) in [4.78, 5) is 14.2. The molecule has 3 rings (SSSR count). The van der Waals surface area contributed by atoms with Crippen LogP contribution in [0.4, 0.5) is 0 Å². The zero-order valence-electron chi connectivity index (χ0n) is 9.48. The zero-order chi connectivity index (χ0) is 11.0. The number of benzene rings is 1. The molecule has 0 N–H and O–H groups in total. The Hall–Kier alpha value is -1.15. The van der Waals surface area contributed by atoms with Gasteiger partial charge < -0.3 is 0 Å². The Morgan fingerprint density at radius 3 is 2.62 bits per heavy atom. The molecule has 1 aliphatic carbocycles. The molecule has 1 saturated carbocycles. The number of nitrogens with zero attached hydrogens (tertiary/aromatic N) is 1. The third-order valence-corrected chi connectivity index (χ3v) is 3.88. The molecule has 0 radical (unpaired) electrons. The predicted molar refractivity (Wildman–Crippen MR) is 63.0 cm³/mol. The molecule has 1 aliphatic heterocycles. The Kier molecular flexibility index (Phi) is 2.32. The normalized spacial score (nSPS) is 23.6. The topological polar surface area (TPSA) is 20.3 Å². The number of rotatable bonds is 2. The Labute approximate surface area is 96.3 Å². The number of Topliss-reactive ketones (excluding diaryl/α,β-unsaturated/α-hetero) is 1. The highest BCUT2D eigenvalue weighted by Crippen LogP contribution is 2.49. The van der Waals surface area contributed by atoms with E-state index < -0.39 is 0 Å². The average Bonchev–Trinajstić information content (AvgIpc) is 3.06. The van der Waals surface area contributed by atoms with E-state index in [1.165, 1.54) is 5.56 Å². The molecule has 16 heavy (non-hydrogen) atoms. The summed E-state index contributed by atoms with van der Waals surface area (Å²) in [6, 6.07) is 10.5. The van der Waals surface area contributed by atoms with Gasteiger partial charge in [-0.2, -0.15) is 0 Å². The number of ketones is 1. The lowest BCUT2D eigenvalue weighted by Gasteiger charge is -2.31. The monoisotopic (exact) mass is 215 g/mol. The largest absolute Gasteiger partial charge is 0.299 e. The molecule has 0 atom stereocenters. The molecular weight excluding hydrogens is 198 g/mol. The first-order valence-electron chi connectivity index (χ1n) is 6.08. The van der Waals surface area contributed by atoms with Gasteiger partial charge in [0, 0.05) is 31.5 Å². The van der Waals surface area contributed by atoms with Gasteiger partial charge >= 0.3 is 0 Å². The van der Waals surface area contributed by atoms with Crippen LogP contribution >= 0.6 is 0 Å². The molecule has 0 bridgehead atoms. The summed E-state index contributed by atoms with van der Waals surface area (Å²) in [5.41, 5.74) is 1.43. The van der Waals surface area contributed by atoms with Crippen LogP contribution in [0.5, 0.6) is 0 Å². The molecule has 84 valence electrons. The first-order chi connectivity index (χ1) is 7.78. The van der Waals surface area contributed by atoms with Gasteiger partial charge in [-0.05, 0) is 18.4 Å². The molecule has 1 heterocycles. The maximum Gasteiger partial charge on any atom is 0.141 e. The Morgan fingerprint density at radius 1 is 1.19 bits per heavy atom. The number of piperidine rings is 1. The number of hydrogen-bond donors (Lipinski definition) is 0. The van der Waals surface area contributed by atoms with Crippen molar-refractivity contribution in [2.24, 2.45) is 5.41 Å². The Balaban J connectivity index is 1.67. The number of hydrogen-bond acceptors (Lipinski definition) is 2. The lowest BCUT2D eigenvalue weighted by atomic mass is 9.93. The van der Waals surface area contributed by atoms with E-state index in [1.54, 1.807) is 0 Å². The van der Waals surface area contributed by atoms with Crippen LogP contribution in [0.3, 0.4) is 0 Å². The molecule has 0 aromatic heterocycles. The fourth-order valence-corrected chi connectivity index (χ4v) is 2.68. The number of carbonyl (C=O) groups is 1. The van der Waals surface area contributed by atoms with Crippen LogP contribution in [0.1, 0.15) is 24.8 Å². The van der Waals surface area contributed by atoms with Crippen molar-refractivity contribution in [3.8, 4) is 0 Å². The van der Waals surface area contributed by atoms with Crippen LogP contribution in [0, 0.1) is 5.41 Å². The Morgan fingerprint density at radius 2 is 1.94 bits per heavy atom. The van der Waals surface area contributed by atoms with Gasteiger partial charge in [0.05, 0.1) is 0 Å². The molecule has 0 amide bonds. The Bertz CT molecular complexity index is 394. The third-order valence-electron chi connectivity index (χ3n) is 3.88. The van der Waals surface area contributed by atoms with Crippen LogP contribution in [0.2, 0.25) is 0 Å². The van der Waals surface area contributed by atoms with Crippen molar-refractivity contribution in [2.45, 2.75) is 25.8 Å². The van der Waals surface area contributed by atoms with Gasteiger partial charge in [-0.1, -0.05) is 30.3 Å². The highest BCUT2D eigenvalue weighted by Gasteiger charge is 2.51. The van der Waals surface area contributed by atoms with Crippen molar-refractivity contribution in [1.29, 1.82) is 0 Å². The molecule has 2 heteroatoms. The summed E-state index contributed by atoms with van der Waals surface area (Å²) >= 11 is 0. The summed E-state index contributed by atoms with van der Waals surface area (Å²) < 4.78 is 0. The van der Waals surface area contributed by atoms with Gasteiger partial charge in [0.2, 0.25) is 0 Å². The first-order valence-corrected chi connectivity index (χ1v) is 6.08. The molecule has 1 aromatic carbocycles. The van der Waals surface area contributed by atoms with Gasteiger partial charge in [0.25, 0.3) is 0 Å². The third kappa shape index (κ3) is 1.78. The summed E-state index contributed by atoms with van der Waals surface area (Å²) in [6.07, 6.45) is 3.00. The summed E-state index contributed by atoms with van der Waals surface area (Å²) in [7, 11) is 0.